The largest absolute Gasteiger partial charge is 0.478 e. The number of anilines is 2. The van der Waals surface area contributed by atoms with Crippen LogP contribution in [0.2, 0.25) is 5.02 Å². The topological polar surface area (TPSA) is 92.4 Å². The second-order valence-electron chi connectivity index (χ2n) is 4.18. The summed E-state index contributed by atoms with van der Waals surface area (Å²) < 4.78 is 0.723. The zero-order valence-corrected chi connectivity index (χ0v) is 12.9. The van der Waals surface area contributed by atoms with Crippen LogP contribution in [0.1, 0.15) is 20.7 Å². The molecule has 7 heteroatoms. The third-order valence-electron chi connectivity index (χ3n) is 2.73. The molecule has 1 amide bonds. The summed E-state index contributed by atoms with van der Waals surface area (Å²) in [5.74, 6) is -1.68. The maximum Gasteiger partial charge on any atom is 0.337 e. The van der Waals surface area contributed by atoms with Crippen LogP contribution in [-0.2, 0) is 0 Å². The highest BCUT2D eigenvalue weighted by molar-refractivity contribution is 9.10. The number of rotatable bonds is 4. The second kappa shape index (κ2) is 6.15. The van der Waals surface area contributed by atoms with Crippen LogP contribution >= 0.6 is 27.5 Å². The van der Waals surface area contributed by atoms with Crippen LogP contribution in [0, 0.1) is 0 Å². The molecular formula is C14H10BrClN2O3. The average Bonchev–Trinajstić information content (AvgIpc) is 2.40. The summed E-state index contributed by atoms with van der Waals surface area (Å²) in [5, 5.41) is 12.0. The Morgan fingerprint density at radius 1 is 1.14 bits per heavy atom. The lowest BCUT2D eigenvalue weighted by Gasteiger charge is -2.11. The molecule has 2 rings (SSSR count). The summed E-state index contributed by atoms with van der Waals surface area (Å²) in [7, 11) is 0. The van der Waals surface area contributed by atoms with Gasteiger partial charge in [0, 0.05) is 10.2 Å². The Labute approximate surface area is 133 Å². The standard InChI is InChI=1S/C14H10BrClN2O3/c15-7-1-4-12(10(5-7)13(17)19)18-8-2-3-9(14(20)21)11(16)6-8/h1-6,18H,(H2,17,19)(H,20,21). The molecule has 4 N–H and O–H groups in total. The summed E-state index contributed by atoms with van der Waals surface area (Å²) in [5.41, 5.74) is 6.70. The number of benzene rings is 2. The van der Waals surface area contributed by atoms with Crippen LogP contribution in [0.4, 0.5) is 11.4 Å². The van der Waals surface area contributed by atoms with E-state index < -0.39 is 11.9 Å². The molecule has 0 aliphatic heterocycles. The van der Waals surface area contributed by atoms with Crippen molar-refractivity contribution in [2.24, 2.45) is 5.73 Å². The smallest absolute Gasteiger partial charge is 0.337 e. The molecule has 0 spiro atoms. The van der Waals surface area contributed by atoms with Crippen LogP contribution in [0.3, 0.4) is 0 Å². The van der Waals surface area contributed by atoms with Gasteiger partial charge in [-0.05, 0) is 36.4 Å². The number of carboxylic acids is 1. The minimum absolute atomic E-state index is 0.00754. The van der Waals surface area contributed by atoms with Crippen molar-refractivity contribution in [3.63, 3.8) is 0 Å². The molecule has 0 fully saturated rings. The van der Waals surface area contributed by atoms with Crippen molar-refractivity contribution in [3.8, 4) is 0 Å². The number of aromatic carboxylic acids is 1. The van der Waals surface area contributed by atoms with Gasteiger partial charge in [-0.15, -0.1) is 0 Å². The maximum atomic E-state index is 11.4. The SMILES string of the molecule is NC(=O)c1cc(Br)ccc1Nc1ccc(C(=O)O)c(Cl)c1. The Morgan fingerprint density at radius 3 is 2.43 bits per heavy atom. The van der Waals surface area contributed by atoms with E-state index in [1.807, 2.05) is 0 Å². The molecule has 0 bridgehead atoms. The number of hydrogen-bond acceptors (Lipinski definition) is 3. The number of carboxylic acid groups (broad SMARTS) is 1. The van der Waals surface area contributed by atoms with Gasteiger partial charge < -0.3 is 16.2 Å². The molecule has 0 aromatic heterocycles. The number of primary amides is 1. The highest BCUT2D eigenvalue weighted by Crippen LogP contribution is 2.27. The van der Waals surface area contributed by atoms with Gasteiger partial charge in [0.2, 0.25) is 0 Å². The number of carbonyl (C=O) groups excluding carboxylic acids is 1. The molecule has 0 unspecified atom stereocenters. The first kappa shape index (κ1) is 15.3. The van der Waals surface area contributed by atoms with E-state index in [4.69, 9.17) is 22.4 Å². The normalized spacial score (nSPS) is 10.2. The third-order valence-corrected chi connectivity index (χ3v) is 3.53. The van der Waals surface area contributed by atoms with Crippen molar-refractivity contribution < 1.29 is 14.7 Å². The molecule has 0 saturated carbocycles. The van der Waals surface area contributed by atoms with Crippen molar-refractivity contribution in [2.45, 2.75) is 0 Å². The first-order valence-corrected chi connectivity index (χ1v) is 6.95. The van der Waals surface area contributed by atoms with E-state index in [0.29, 0.717) is 16.9 Å². The number of nitrogens with one attached hydrogen (secondary N) is 1. The number of amides is 1. The molecule has 108 valence electrons. The number of carbonyl (C=O) groups is 2. The lowest BCUT2D eigenvalue weighted by atomic mass is 10.1. The van der Waals surface area contributed by atoms with Gasteiger partial charge in [-0.1, -0.05) is 27.5 Å². The Morgan fingerprint density at radius 2 is 1.86 bits per heavy atom. The van der Waals surface area contributed by atoms with Gasteiger partial charge in [-0.3, -0.25) is 4.79 Å². The second-order valence-corrected chi connectivity index (χ2v) is 5.50. The van der Waals surface area contributed by atoms with Crippen LogP contribution in [-0.4, -0.2) is 17.0 Å². The summed E-state index contributed by atoms with van der Waals surface area (Å²) in [6.07, 6.45) is 0. The fourth-order valence-electron chi connectivity index (χ4n) is 1.75. The average molecular weight is 370 g/mol. The fourth-order valence-corrected chi connectivity index (χ4v) is 2.37. The van der Waals surface area contributed by atoms with E-state index in [0.717, 1.165) is 4.47 Å². The van der Waals surface area contributed by atoms with Gasteiger partial charge in [0.25, 0.3) is 5.91 Å². The zero-order valence-electron chi connectivity index (χ0n) is 10.6. The Hall–Kier alpha value is -2.05. The van der Waals surface area contributed by atoms with Gasteiger partial charge in [0.1, 0.15) is 0 Å². The molecule has 0 atom stereocenters. The van der Waals surface area contributed by atoms with E-state index in [1.165, 1.54) is 12.1 Å². The molecule has 0 radical (unpaired) electrons. The number of halogens is 2. The minimum atomic E-state index is -1.10. The van der Waals surface area contributed by atoms with Gasteiger partial charge in [0.05, 0.1) is 21.8 Å². The number of hydrogen-bond donors (Lipinski definition) is 3. The van der Waals surface area contributed by atoms with Crippen molar-refractivity contribution in [3.05, 3.63) is 57.0 Å². The summed E-state index contributed by atoms with van der Waals surface area (Å²) in [6.45, 7) is 0. The summed E-state index contributed by atoms with van der Waals surface area (Å²) in [6, 6.07) is 9.44. The predicted molar refractivity (Wildman–Crippen MR) is 84.4 cm³/mol. The lowest BCUT2D eigenvalue weighted by molar-refractivity contribution is 0.0697. The molecule has 0 aliphatic carbocycles. The highest BCUT2D eigenvalue weighted by Gasteiger charge is 2.12. The molecule has 2 aromatic rings. The van der Waals surface area contributed by atoms with Gasteiger partial charge in [-0.25, -0.2) is 4.79 Å². The first-order chi connectivity index (χ1) is 9.88. The molecule has 0 heterocycles. The molecule has 21 heavy (non-hydrogen) atoms. The molecular weight excluding hydrogens is 360 g/mol. The molecule has 2 aromatic carbocycles. The van der Waals surface area contributed by atoms with E-state index in [2.05, 4.69) is 21.2 Å². The van der Waals surface area contributed by atoms with E-state index >= 15 is 0 Å². The quantitative estimate of drug-likeness (QED) is 0.767. The van der Waals surface area contributed by atoms with Crippen molar-refractivity contribution in [1.29, 1.82) is 0 Å². The minimum Gasteiger partial charge on any atom is -0.478 e. The van der Waals surface area contributed by atoms with Crippen molar-refractivity contribution in [1.82, 2.24) is 0 Å². The van der Waals surface area contributed by atoms with E-state index in [9.17, 15) is 9.59 Å². The van der Waals surface area contributed by atoms with Gasteiger partial charge >= 0.3 is 5.97 Å². The van der Waals surface area contributed by atoms with Crippen LogP contribution in [0.25, 0.3) is 0 Å². The molecule has 5 nitrogen and oxygen atoms in total. The van der Waals surface area contributed by atoms with E-state index in [-0.39, 0.29) is 10.6 Å². The molecule has 0 saturated heterocycles. The van der Waals surface area contributed by atoms with Crippen LogP contribution < -0.4 is 11.1 Å². The zero-order chi connectivity index (χ0) is 15.6. The van der Waals surface area contributed by atoms with Crippen LogP contribution in [0.15, 0.2) is 40.9 Å². The summed E-state index contributed by atoms with van der Waals surface area (Å²) in [4.78, 5) is 22.3. The van der Waals surface area contributed by atoms with Crippen molar-refractivity contribution >= 4 is 50.8 Å². The highest BCUT2D eigenvalue weighted by atomic mass is 79.9. The Kier molecular flexibility index (Phi) is 4.50. The number of nitrogens with two attached hydrogens (primary N) is 1. The van der Waals surface area contributed by atoms with Gasteiger partial charge in [-0.2, -0.15) is 0 Å². The predicted octanol–water partition coefficient (Wildman–Crippen LogP) is 3.64. The Balaban J connectivity index is 2.37. The fraction of sp³-hybridized carbons (Fsp3) is 0. The third kappa shape index (κ3) is 3.53. The lowest BCUT2D eigenvalue weighted by Crippen LogP contribution is -2.13. The van der Waals surface area contributed by atoms with Crippen LogP contribution in [0.5, 0.6) is 0 Å². The Bertz CT molecular complexity index is 734. The monoisotopic (exact) mass is 368 g/mol. The van der Waals surface area contributed by atoms with Gasteiger partial charge in [0.15, 0.2) is 0 Å². The van der Waals surface area contributed by atoms with E-state index in [1.54, 1.807) is 24.3 Å². The molecule has 0 aliphatic rings. The summed E-state index contributed by atoms with van der Waals surface area (Å²) >= 11 is 9.16. The van der Waals surface area contributed by atoms with Crippen molar-refractivity contribution in [2.75, 3.05) is 5.32 Å². The maximum absolute atomic E-state index is 11.4. The first-order valence-electron chi connectivity index (χ1n) is 5.77.